The van der Waals surface area contributed by atoms with Gasteiger partial charge in [0.1, 0.15) is 17.4 Å². The number of rotatable bonds is 6. The van der Waals surface area contributed by atoms with Crippen molar-refractivity contribution in [3.8, 4) is 5.75 Å². The average molecular weight is 410 g/mol. The van der Waals surface area contributed by atoms with Crippen molar-refractivity contribution in [2.45, 2.75) is 13.5 Å². The van der Waals surface area contributed by atoms with Crippen LogP contribution in [0.2, 0.25) is 5.02 Å². The summed E-state index contributed by atoms with van der Waals surface area (Å²) < 4.78 is 20.0. The first-order valence-corrected chi connectivity index (χ1v) is 8.34. The molecule has 0 unspecified atom stereocenters. The van der Waals surface area contributed by atoms with E-state index in [0.717, 1.165) is 11.6 Å². The Morgan fingerprint density at radius 1 is 1.22 bits per heavy atom. The second kappa shape index (κ2) is 9.39. The number of anilines is 1. The van der Waals surface area contributed by atoms with Crippen LogP contribution >= 0.6 is 24.0 Å². The molecule has 3 rings (SSSR count). The second-order valence-electron chi connectivity index (χ2n) is 5.77. The van der Waals surface area contributed by atoms with Crippen LogP contribution in [-0.2, 0) is 11.3 Å². The number of nitrogens with one attached hydrogen (secondary N) is 1. The summed E-state index contributed by atoms with van der Waals surface area (Å²) >= 11 is 5.87. The van der Waals surface area contributed by atoms with Gasteiger partial charge in [-0.1, -0.05) is 41.4 Å². The molecule has 0 aliphatic rings. The molecule has 0 fully saturated rings. The summed E-state index contributed by atoms with van der Waals surface area (Å²) in [7, 11) is 0. The highest BCUT2D eigenvalue weighted by molar-refractivity contribution is 6.32. The van der Waals surface area contributed by atoms with Crippen molar-refractivity contribution < 1.29 is 13.9 Å². The van der Waals surface area contributed by atoms with Crippen molar-refractivity contribution in [3.63, 3.8) is 0 Å². The van der Waals surface area contributed by atoms with E-state index in [1.54, 1.807) is 16.9 Å². The third-order valence-corrected chi connectivity index (χ3v) is 3.99. The molecular weight excluding hydrogens is 392 g/mol. The molecule has 1 amide bonds. The fourth-order valence-electron chi connectivity index (χ4n) is 2.35. The number of halogens is 3. The van der Waals surface area contributed by atoms with E-state index in [-0.39, 0.29) is 35.7 Å². The van der Waals surface area contributed by atoms with Crippen molar-refractivity contribution in [2.75, 3.05) is 11.9 Å². The minimum atomic E-state index is -0.466. The Morgan fingerprint density at radius 2 is 1.96 bits per heavy atom. The summed E-state index contributed by atoms with van der Waals surface area (Å²) in [5, 5.41) is 7.08. The van der Waals surface area contributed by atoms with Crippen molar-refractivity contribution >= 4 is 35.7 Å². The summed E-state index contributed by atoms with van der Waals surface area (Å²) in [4.78, 5) is 12.1. The molecule has 27 heavy (non-hydrogen) atoms. The molecule has 0 bridgehead atoms. The van der Waals surface area contributed by atoms with Gasteiger partial charge in [-0.25, -0.2) is 9.07 Å². The van der Waals surface area contributed by atoms with Crippen LogP contribution in [0.3, 0.4) is 0 Å². The van der Waals surface area contributed by atoms with Crippen LogP contribution in [-0.4, -0.2) is 22.3 Å². The summed E-state index contributed by atoms with van der Waals surface area (Å²) in [6, 6.07) is 13.5. The van der Waals surface area contributed by atoms with Gasteiger partial charge in [0, 0.05) is 6.07 Å². The third kappa shape index (κ3) is 5.70. The standard InChI is InChI=1S/C19H17ClFN3O2.ClH/c1-13-2-4-14(5-3-13)11-24-18(8-9-22-24)23-19(25)12-26-17-7-6-15(21)10-16(17)20;/h2-10H,11-12H2,1H3,(H,23,25);1H. The Hall–Kier alpha value is -2.57. The number of carbonyl (C=O) groups is 1. The SMILES string of the molecule is Cc1ccc(Cn2nccc2NC(=O)COc2ccc(F)cc2Cl)cc1.Cl. The van der Waals surface area contributed by atoms with E-state index in [4.69, 9.17) is 16.3 Å². The smallest absolute Gasteiger partial charge is 0.263 e. The monoisotopic (exact) mass is 409 g/mol. The summed E-state index contributed by atoms with van der Waals surface area (Å²) in [6.07, 6.45) is 1.61. The van der Waals surface area contributed by atoms with E-state index < -0.39 is 5.82 Å². The van der Waals surface area contributed by atoms with Crippen molar-refractivity contribution in [1.29, 1.82) is 0 Å². The van der Waals surface area contributed by atoms with Crippen LogP contribution in [0.15, 0.2) is 54.7 Å². The normalized spacial score (nSPS) is 10.2. The fraction of sp³-hybridized carbons (Fsp3) is 0.158. The fourth-order valence-corrected chi connectivity index (χ4v) is 2.57. The Labute approximate surface area is 167 Å². The highest BCUT2D eigenvalue weighted by atomic mass is 35.5. The van der Waals surface area contributed by atoms with Crippen LogP contribution < -0.4 is 10.1 Å². The molecule has 3 aromatic rings. The minimum absolute atomic E-state index is 0. The average Bonchev–Trinajstić information content (AvgIpc) is 3.03. The van der Waals surface area contributed by atoms with Gasteiger partial charge in [-0.15, -0.1) is 12.4 Å². The number of aryl methyl sites for hydroxylation is 1. The lowest BCUT2D eigenvalue weighted by molar-refractivity contribution is -0.118. The first kappa shape index (κ1) is 20.7. The quantitative estimate of drug-likeness (QED) is 0.653. The molecule has 0 aliphatic carbocycles. The maximum atomic E-state index is 13.0. The highest BCUT2D eigenvalue weighted by Gasteiger charge is 2.10. The zero-order valence-electron chi connectivity index (χ0n) is 14.5. The lowest BCUT2D eigenvalue weighted by atomic mass is 10.1. The van der Waals surface area contributed by atoms with Crippen molar-refractivity contribution in [3.05, 3.63) is 76.7 Å². The summed E-state index contributed by atoms with van der Waals surface area (Å²) in [5.74, 6) is -0.0244. The largest absolute Gasteiger partial charge is 0.482 e. The Morgan fingerprint density at radius 3 is 2.67 bits per heavy atom. The van der Waals surface area contributed by atoms with E-state index in [2.05, 4.69) is 10.4 Å². The highest BCUT2D eigenvalue weighted by Crippen LogP contribution is 2.24. The number of benzene rings is 2. The molecule has 0 radical (unpaired) electrons. The first-order valence-electron chi connectivity index (χ1n) is 7.96. The second-order valence-corrected chi connectivity index (χ2v) is 6.18. The van der Waals surface area contributed by atoms with E-state index in [1.807, 2.05) is 31.2 Å². The van der Waals surface area contributed by atoms with Crippen LogP contribution in [0.25, 0.3) is 0 Å². The van der Waals surface area contributed by atoms with Gasteiger partial charge < -0.3 is 10.1 Å². The lowest BCUT2D eigenvalue weighted by Gasteiger charge is -2.11. The van der Waals surface area contributed by atoms with Crippen LogP contribution in [0.5, 0.6) is 5.75 Å². The van der Waals surface area contributed by atoms with Gasteiger partial charge >= 0.3 is 0 Å². The molecule has 1 N–H and O–H groups in total. The maximum absolute atomic E-state index is 13.0. The summed E-state index contributed by atoms with van der Waals surface area (Å²) in [5.41, 5.74) is 2.25. The molecule has 142 valence electrons. The van der Waals surface area contributed by atoms with Gasteiger partial charge in [0.2, 0.25) is 0 Å². The summed E-state index contributed by atoms with van der Waals surface area (Å²) in [6.45, 7) is 2.31. The van der Waals surface area contributed by atoms with E-state index in [0.29, 0.717) is 12.4 Å². The predicted molar refractivity (Wildman–Crippen MR) is 105 cm³/mol. The molecule has 2 aromatic carbocycles. The molecule has 0 atom stereocenters. The Bertz CT molecular complexity index is 914. The van der Waals surface area contributed by atoms with Gasteiger partial charge in [0.15, 0.2) is 6.61 Å². The van der Waals surface area contributed by atoms with E-state index in [1.165, 1.54) is 17.7 Å². The lowest BCUT2D eigenvalue weighted by Crippen LogP contribution is -2.22. The molecule has 5 nitrogen and oxygen atoms in total. The van der Waals surface area contributed by atoms with Gasteiger partial charge in [0.25, 0.3) is 5.91 Å². The van der Waals surface area contributed by atoms with Gasteiger partial charge in [-0.3, -0.25) is 4.79 Å². The molecule has 0 spiro atoms. The topological polar surface area (TPSA) is 56.2 Å². The van der Waals surface area contributed by atoms with Gasteiger partial charge in [0.05, 0.1) is 17.8 Å². The molecule has 1 aromatic heterocycles. The van der Waals surface area contributed by atoms with Crippen LogP contribution in [0.4, 0.5) is 10.2 Å². The molecule has 0 saturated carbocycles. The number of hydrogen-bond donors (Lipinski definition) is 1. The van der Waals surface area contributed by atoms with Gasteiger partial charge in [-0.2, -0.15) is 5.10 Å². The molecular formula is C19H18Cl2FN3O2. The molecule has 1 heterocycles. The number of amides is 1. The number of carbonyl (C=O) groups excluding carboxylic acids is 1. The Balaban J connectivity index is 0.00000261. The Kier molecular flexibility index (Phi) is 7.21. The number of aromatic nitrogens is 2. The number of nitrogens with zero attached hydrogens (tertiary/aromatic N) is 2. The number of ether oxygens (including phenoxy) is 1. The third-order valence-electron chi connectivity index (χ3n) is 3.69. The van der Waals surface area contributed by atoms with E-state index >= 15 is 0 Å². The van der Waals surface area contributed by atoms with Gasteiger partial charge in [-0.05, 0) is 30.7 Å². The molecule has 0 aliphatic heterocycles. The molecule has 0 saturated heterocycles. The van der Waals surface area contributed by atoms with E-state index in [9.17, 15) is 9.18 Å². The zero-order valence-corrected chi connectivity index (χ0v) is 16.1. The number of hydrogen-bond acceptors (Lipinski definition) is 3. The maximum Gasteiger partial charge on any atom is 0.263 e. The van der Waals surface area contributed by atoms with Crippen molar-refractivity contribution in [1.82, 2.24) is 9.78 Å². The minimum Gasteiger partial charge on any atom is -0.482 e. The van der Waals surface area contributed by atoms with Crippen molar-refractivity contribution in [2.24, 2.45) is 0 Å². The van der Waals surface area contributed by atoms with Crippen LogP contribution in [0.1, 0.15) is 11.1 Å². The van der Waals surface area contributed by atoms with Crippen LogP contribution in [0, 0.1) is 12.7 Å². The predicted octanol–water partition coefficient (Wildman–Crippen LogP) is 4.47. The zero-order chi connectivity index (χ0) is 18.5. The molecule has 8 heteroatoms. The first-order chi connectivity index (χ1) is 12.5.